The van der Waals surface area contributed by atoms with Crippen LogP contribution in [0.2, 0.25) is 0 Å². The van der Waals surface area contributed by atoms with Crippen LogP contribution >= 0.6 is 0 Å². The molecule has 2 atom stereocenters. The van der Waals surface area contributed by atoms with Gasteiger partial charge in [0.1, 0.15) is 0 Å². The molecule has 0 aromatic heterocycles. The van der Waals surface area contributed by atoms with E-state index in [4.69, 9.17) is 0 Å². The van der Waals surface area contributed by atoms with Gasteiger partial charge in [-0.25, -0.2) is 0 Å². The first kappa shape index (κ1) is 14.1. The highest BCUT2D eigenvalue weighted by Gasteiger charge is 2.25. The van der Waals surface area contributed by atoms with Gasteiger partial charge in [0, 0.05) is 30.7 Å². The molecule has 104 valence electrons. The lowest BCUT2D eigenvalue weighted by Gasteiger charge is -2.36. The van der Waals surface area contributed by atoms with Crippen LogP contribution in [0.3, 0.4) is 0 Å². The van der Waals surface area contributed by atoms with Gasteiger partial charge in [0.15, 0.2) is 0 Å². The molecule has 0 aliphatic carbocycles. The first-order chi connectivity index (χ1) is 8.97. The number of benzene rings is 1. The van der Waals surface area contributed by atoms with Crippen molar-refractivity contribution in [3.8, 4) is 0 Å². The second-order valence-electron chi connectivity index (χ2n) is 5.96. The molecule has 2 rings (SSSR count). The molecule has 1 aliphatic heterocycles. The maximum Gasteiger partial charge on any atom is 0.253 e. The third kappa shape index (κ3) is 3.35. The van der Waals surface area contributed by atoms with Crippen LogP contribution in [0.4, 0.5) is 0 Å². The van der Waals surface area contributed by atoms with Crippen molar-refractivity contribution in [2.45, 2.75) is 45.7 Å². The average molecular weight is 260 g/mol. The number of hydrogen-bond donors (Lipinski definition) is 1. The number of carbonyl (C=O) groups is 1. The van der Waals surface area contributed by atoms with Crippen LogP contribution in [0, 0.1) is 0 Å². The molecule has 3 heteroatoms. The molecule has 0 saturated carbocycles. The van der Waals surface area contributed by atoms with Gasteiger partial charge in [0.2, 0.25) is 0 Å². The predicted molar refractivity (Wildman–Crippen MR) is 78.5 cm³/mol. The van der Waals surface area contributed by atoms with E-state index in [1.165, 1.54) is 5.56 Å². The molecule has 1 aromatic carbocycles. The Bertz CT molecular complexity index is 429. The zero-order valence-electron chi connectivity index (χ0n) is 12.3. The van der Waals surface area contributed by atoms with E-state index in [1.807, 2.05) is 17.0 Å². The third-order valence-corrected chi connectivity index (χ3v) is 3.67. The summed E-state index contributed by atoms with van der Waals surface area (Å²) in [6.07, 6.45) is 0. The summed E-state index contributed by atoms with van der Waals surface area (Å²) in [7, 11) is 0. The van der Waals surface area contributed by atoms with Crippen molar-refractivity contribution in [1.82, 2.24) is 10.2 Å². The third-order valence-electron chi connectivity index (χ3n) is 3.67. The molecule has 1 heterocycles. The lowest BCUT2D eigenvalue weighted by Crippen LogP contribution is -2.55. The lowest BCUT2D eigenvalue weighted by atomic mass is 10.0. The van der Waals surface area contributed by atoms with Gasteiger partial charge in [-0.05, 0) is 37.5 Å². The van der Waals surface area contributed by atoms with Gasteiger partial charge in [0.25, 0.3) is 5.91 Å². The normalized spacial score (nSPS) is 23.7. The molecule has 1 fully saturated rings. The topological polar surface area (TPSA) is 32.3 Å². The highest BCUT2D eigenvalue weighted by Crippen LogP contribution is 2.16. The molecule has 1 saturated heterocycles. The van der Waals surface area contributed by atoms with E-state index in [0.29, 0.717) is 18.0 Å². The fourth-order valence-corrected chi connectivity index (χ4v) is 2.69. The maximum atomic E-state index is 12.5. The molecule has 0 bridgehead atoms. The number of carbonyl (C=O) groups excluding carboxylic acids is 1. The minimum Gasteiger partial charge on any atom is -0.336 e. The molecule has 3 nitrogen and oxygen atoms in total. The van der Waals surface area contributed by atoms with Crippen molar-refractivity contribution in [2.75, 3.05) is 13.1 Å². The second-order valence-corrected chi connectivity index (χ2v) is 5.96. The summed E-state index contributed by atoms with van der Waals surface area (Å²) in [4.78, 5) is 14.4. The van der Waals surface area contributed by atoms with E-state index < -0.39 is 0 Å². The molecule has 0 radical (unpaired) electrons. The van der Waals surface area contributed by atoms with Crippen molar-refractivity contribution in [1.29, 1.82) is 0 Å². The summed E-state index contributed by atoms with van der Waals surface area (Å²) in [5.41, 5.74) is 2.07. The van der Waals surface area contributed by atoms with Gasteiger partial charge < -0.3 is 10.2 Å². The van der Waals surface area contributed by atoms with Crippen LogP contribution < -0.4 is 5.32 Å². The van der Waals surface area contributed by atoms with Crippen molar-refractivity contribution >= 4 is 5.91 Å². The van der Waals surface area contributed by atoms with Crippen LogP contribution in [-0.4, -0.2) is 36.0 Å². The Labute approximate surface area is 116 Å². The zero-order valence-corrected chi connectivity index (χ0v) is 12.3. The second kappa shape index (κ2) is 5.74. The van der Waals surface area contributed by atoms with E-state index in [2.05, 4.69) is 45.1 Å². The molecular weight excluding hydrogens is 236 g/mol. The van der Waals surface area contributed by atoms with Crippen LogP contribution in [0.5, 0.6) is 0 Å². The average Bonchev–Trinajstić information content (AvgIpc) is 2.37. The number of amides is 1. The summed E-state index contributed by atoms with van der Waals surface area (Å²) in [5, 5.41) is 3.45. The van der Waals surface area contributed by atoms with Crippen LogP contribution in [0.1, 0.15) is 49.5 Å². The highest BCUT2D eigenvalue weighted by atomic mass is 16.2. The molecule has 1 amide bonds. The van der Waals surface area contributed by atoms with Crippen molar-refractivity contribution in [2.24, 2.45) is 0 Å². The Kier molecular flexibility index (Phi) is 4.25. The smallest absolute Gasteiger partial charge is 0.253 e. The van der Waals surface area contributed by atoms with Gasteiger partial charge in [0.05, 0.1) is 0 Å². The molecule has 1 aliphatic rings. The summed E-state index contributed by atoms with van der Waals surface area (Å²) in [6, 6.07) is 8.76. The van der Waals surface area contributed by atoms with Gasteiger partial charge >= 0.3 is 0 Å². The maximum absolute atomic E-state index is 12.5. The lowest BCUT2D eigenvalue weighted by molar-refractivity contribution is 0.0674. The number of nitrogens with one attached hydrogen (secondary N) is 1. The Morgan fingerprint density at radius 2 is 1.68 bits per heavy atom. The molecular formula is C16H24N2O. The molecule has 1 N–H and O–H groups in total. The van der Waals surface area contributed by atoms with Crippen LogP contribution in [-0.2, 0) is 0 Å². The molecule has 2 unspecified atom stereocenters. The molecule has 19 heavy (non-hydrogen) atoms. The van der Waals surface area contributed by atoms with E-state index >= 15 is 0 Å². The minimum absolute atomic E-state index is 0.149. The van der Waals surface area contributed by atoms with Gasteiger partial charge in [-0.1, -0.05) is 26.0 Å². The first-order valence-corrected chi connectivity index (χ1v) is 7.12. The fraction of sp³-hybridized carbons (Fsp3) is 0.562. The van der Waals surface area contributed by atoms with E-state index in [-0.39, 0.29) is 5.91 Å². The van der Waals surface area contributed by atoms with Crippen molar-refractivity contribution in [3.05, 3.63) is 35.4 Å². The Morgan fingerprint density at radius 1 is 1.16 bits per heavy atom. The Hall–Kier alpha value is -1.35. The summed E-state index contributed by atoms with van der Waals surface area (Å²) >= 11 is 0. The number of hydrogen-bond acceptors (Lipinski definition) is 2. The first-order valence-electron chi connectivity index (χ1n) is 7.12. The summed E-state index contributed by atoms with van der Waals surface area (Å²) < 4.78 is 0. The molecule has 0 spiro atoms. The Balaban J connectivity index is 2.10. The van der Waals surface area contributed by atoms with Crippen molar-refractivity contribution < 1.29 is 4.79 Å². The Morgan fingerprint density at radius 3 is 2.16 bits per heavy atom. The highest BCUT2D eigenvalue weighted by molar-refractivity contribution is 5.94. The number of piperazine rings is 1. The van der Waals surface area contributed by atoms with Crippen LogP contribution in [0.25, 0.3) is 0 Å². The molecule has 1 aromatic rings. The fourth-order valence-electron chi connectivity index (χ4n) is 2.69. The SMILES string of the molecule is CC1CN(C(=O)c2ccc(C(C)C)cc2)CC(C)N1. The quantitative estimate of drug-likeness (QED) is 0.886. The number of nitrogens with zero attached hydrogens (tertiary/aromatic N) is 1. The van der Waals surface area contributed by atoms with E-state index in [9.17, 15) is 4.79 Å². The summed E-state index contributed by atoms with van der Waals surface area (Å²) in [5.74, 6) is 0.652. The standard InChI is InChI=1S/C16H24N2O/c1-11(2)14-5-7-15(8-6-14)16(19)18-9-12(3)17-13(4)10-18/h5-8,11-13,17H,9-10H2,1-4H3. The van der Waals surface area contributed by atoms with E-state index in [0.717, 1.165) is 18.7 Å². The van der Waals surface area contributed by atoms with Crippen LogP contribution in [0.15, 0.2) is 24.3 Å². The van der Waals surface area contributed by atoms with E-state index in [1.54, 1.807) is 0 Å². The van der Waals surface area contributed by atoms with Gasteiger partial charge in [-0.15, -0.1) is 0 Å². The largest absolute Gasteiger partial charge is 0.336 e. The summed E-state index contributed by atoms with van der Waals surface area (Å²) in [6.45, 7) is 10.1. The number of rotatable bonds is 2. The zero-order chi connectivity index (χ0) is 14.0. The predicted octanol–water partition coefficient (Wildman–Crippen LogP) is 2.63. The van der Waals surface area contributed by atoms with Gasteiger partial charge in [-0.2, -0.15) is 0 Å². The monoisotopic (exact) mass is 260 g/mol. The van der Waals surface area contributed by atoms with Crippen molar-refractivity contribution in [3.63, 3.8) is 0 Å². The van der Waals surface area contributed by atoms with Gasteiger partial charge in [-0.3, -0.25) is 4.79 Å². The minimum atomic E-state index is 0.149.